The van der Waals surface area contributed by atoms with Crippen molar-refractivity contribution in [3.63, 3.8) is 0 Å². The van der Waals surface area contributed by atoms with E-state index in [9.17, 15) is 19.2 Å². The second-order valence-electron chi connectivity index (χ2n) is 7.37. The zero-order valence-electron chi connectivity index (χ0n) is 17.8. The lowest BCUT2D eigenvalue weighted by atomic mass is 10.2. The Balaban J connectivity index is 2.26. The van der Waals surface area contributed by atoms with Crippen LogP contribution in [0, 0.1) is 0 Å². The van der Waals surface area contributed by atoms with E-state index in [1.165, 1.54) is 13.8 Å². The van der Waals surface area contributed by atoms with Crippen LogP contribution in [-0.4, -0.2) is 54.9 Å². The summed E-state index contributed by atoms with van der Waals surface area (Å²) in [5.74, 6) is -3.35. The van der Waals surface area contributed by atoms with Crippen LogP contribution in [-0.2, 0) is 49.5 Å². The lowest BCUT2D eigenvalue weighted by Crippen LogP contribution is -2.34. The molecule has 1 rings (SSSR count). The minimum absolute atomic E-state index is 0.212. The second kappa shape index (κ2) is 11.9. The molecule has 2 atom stereocenters. The number of rotatable bonds is 10. The highest BCUT2D eigenvalue weighted by Crippen LogP contribution is 2.10. The summed E-state index contributed by atoms with van der Waals surface area (Å²) in [7, 11) is 0. The molecule has 9 nitrogen and oxygen atoms in total. The predicted molar refractivity (Wildman–Crippen MR) is 104 cm³/mol. The Morgan fingerprint density at radius 2 is 1.43 bits per heavy atom. The van der Waals surface area contributed by atoms with Crippen LogP contribution in [0.2, 0.25) is 0 Å². The normalized spacial score (nSPS) is 13.0. The first-order chi connectivity index (χ1) is 14.0. The van der Waals surface area contributed by atoms with E-state index in [4.69, 9.17) is 18.9 Å². The van der Waals surface area contributed by atoms with Gasteiger partial charge in [-0.3, -0.25) is 0 Å². The van der Waals surface area contributed by atoms with Gasteiger partial charge in [0, 0.05) is 0 Å². The van der Waals surface area contributed by atoms with Crippen LogP contribution in [0.4, 0.5) is 0 Å². The maximum absolute atomic E-state index is 11.8. The summed E-state index contributed by atoms with van der Waals surface area (Å²) in [6, 6.07) is 9.24. The van der Waals surface area contributed by atoms with E-state index in [1.54, 1.807) is 20.8 Å². The van der Waals surface area contributed by atoms with E-state index in [-0.39, 0.29) is 6.61 Å². The second-order valence-corrected chi connectivity index (χ2v) is 7.37. The van der Waals surface area contributed by atoms with E-state index in [0.717, 1.165) is 5.56 Å². The summed E-state index contributed by atoms with van der Waals surface area (Å²) in [5.41, 5.74) is 0.159. The summed E-state index contributed by atoms with van der Waals surface area (Å²) in [5, 5.41) is 0. The number of hydrogen-bond donors (Lipinski definition) is 0. The van der Waals surface area contributed by atoms with E-state index in [1.807, 2.05) is 30.3 Å². The van der Waals surface area contributed by atoms with Crippen LogP contribution in [0.15, 0.2) is 30.3 Å². The number of carbonyl (C=O) groups excluding carboxylic acids is 4. The van der Waals surface area contributed by atoms with Crippen LogP contribution in [0.3, 0.4) is 0 Å². The predicted octanol–water partition coefficient (Wildman–Crippen LogP) is 1.95. The van der Waals surface area contributed by atoms with Crippen LogP contribution < -0.4 is 0 Å². The Kier molecular flexibility index (Phi) is 9.97. The molecule has 9 heteroatoms. The molecule has 0 fully saturated rings. The van der Waals surface area contributed by atoms with Gasteiger partial charge in [-0.05, 0) is 40.2 Å². The lowest BCUT2D eigenvalue weighted by Gasteiger charge is -2.22. The topological polar surface area (TPSA) is 114 Å². The molecule has 0 aliphatic rings. The quantitative estimate of drug-likeness (QED) is 0.410. The minimum atomic E-state index is -1.16. The molecular weight excluding hydrogens is 396 g/mol. The van der Waals surface area contributed by atoms with Gasteiger partial charge in [0.1, 0.15) is 5.60 Å². The molecular formula is C21H28O9. The fourth-order valence-electron chi connectivity index (χ4n) is 1.96. The average molecular weight is 424 g/mol. The highest BCUT2D eigenvalue weighted by atomic mass is 16.6. The first-order valence-electron chi connectivity index (χ1n) is 9.38. The van der Waals surface area contributed by atoms with Gasteiger partial charge in [-0.2, -0.15) is 0 Å². The molecule has 0 heterocycles. The minimum Gasteiger partial charge on any atom is -0.457 e. The third-order valence-electron chi connectivity index (χ3n) is 3.40. The molecule has 0 amide bonds. The Morgan fingerprint density at radius 3 is 2.03 bits per heavy atom. The van der Waals surface area contributed by atoms with Gasteiger partial charge < -0.3 is 23.7 Å². The van der Waals surface area contributed by atoms with Crippen molar-refractivity contribution in [2.45, 2.75) is 59.0 Å². The Morgan fingerprint density at radius 1 is 0.833 bits per heavy atom. The maximum atomic E-state index is 11.8. The van der Waals surface area contributed by atoms with Crippen molar-refractivity contribution in [1.29, 1.82) is 0 Å². The van der Waals surface area contributed by atoms with Gasteiger partial charge in [0.05, 0.1) is 6.61 Å². The fraction of sp³-hybridized carbons (Fsp3) is 0.524. The molecule has 0 N–H and O–H groups in total. The Hall–Kier alpha value is -2.94. The van der Waals surface area contributed by atoms with Crippen LogP contribution in [0.1, 0.15) is 40.2 Å². The van der Waals surface area contributed by atoms with E-state index in [0.29, 0.717) is 0 Å². The smallest absolute Gasteiger partial charge is 0.347 e. The molecule has 0 bridgehead atoms. The highest BCUT2D eigenvalue weighted by molar-refractivity contribution is 5.82. The maximum Gasteiger partial charge on any atom is 0.347 e. The molecule has 1 aromatic rings. The standard InChI is InChI=1S/C21H28O9/c1-14(26-11-16-9-7-6-8-10-16)19(24)28-12-17(22)27-13-18(23)29-15(2)20(25)30-21(3,4)5/h6-10,14-15H,11-13H2,1-5H3. The molecule has 0 saturated carbocycles. The van der Waals surface area contributed by atoms with Gasteiger partial charge in [0.15, 0.2) is 25.4 Å². The lowest BCUT2D eigenvalue weighted by molar-refractivity contribution is -0.178. The van der Waals surface area contributed by atoms with Gasteiger partial charge in [0.2, 0.25) is 0 Å². The van der Waals surface area contributed by atoms with E-state index < -0.39 is 54.9 Å². The van der Waals surface area contributed by atoms with Crippen molar-refractivity contribution >= 4 is 23.9 Å². The third kappa shape index (κ3) is 10.6. The molecule has 2 unspecified atom stereocenters. The Bertz CT molecular complexity index is 722. The first kappa shape index (κ1) is 25.1. The van der Waals surface area contributed by atoms with E-state index in [2.05, 4.69) is 4.74 Å². The van der Waals surface area contributed by atoms with Gasteiger partial charge in [-0.1, -0.05) is 30.3 Å². The molecule has 0 saturated heterocycles. The van der Waals surface area contributed by atoms with Crippen molar-refractivity contribution in [2.24, 2.45) is 0 Å². The van der Waals surface area contributed by atoms with Gasteiger partial charge >= 0.3 is 23.9 Å². The number of benzene rings is 1. The number of hydrogen-bond acceptors (Lipinski definition) is 9. The van der Waals surface area contributed by atoms with E-state index >= 15 is 0 Å². The summed E-state index contributed by atoms with van der Waals surface area (Å²) >= 11 is 0. The third-order valence-corrected chi connectivity index (χ3v) is 3.40. The van der Waals surface area contributed by atoms with Crippen molar-refractivity contribution in [1.82, 2.24) is 0 Å². The number of esters is 4. The Labute approximate surface area is 175 Å². The summed E-state index contributed by atoms with van der Waals surface area (Å²) in [4.78, 5) is 46.9. The number of carbonyl (C=O) groups is 4. The fourth-order valence-corrected chi connectivity index (χ4v) is 1.96. The zero-order chi connectivity index (χ0) is 22.7. The van der Waals surface area contributed by atoms with Crippen molar-refractivity contribution < 1.29 is 42.9 Å². The molecule has 0 spiro atoms. The largest absolute Gasteiger partial charge is 0.457 e. The molecule has 0 aromatic heterocycles. The average Bonchev–Trinajstić information content (AvgIpc) is 2.68. The van der Waals surface area contributed by atoms with Crippen LogP contribution >= 0.6 is 0 Å². The summed E-state index contributed by atoms with van der Waals surface area (Å²) in [6.45, 7) is 6.65. The zero-order valence-corrected chi connectivity index (χ0v) is 17.8. The summed E-state index contributed by atoms with van der Waals surface area (Å²) in [6.07, 6.45) is -2.05. The molecule has 1 aromatic carbocycles. The van der Waals surface area contributed by atoms with Gasteiger partial charge in [-0.25, -0.2) is 19.2 Å². The highest BCUT2D eigenvalue weighted by Gasteiger charge is 2.25. The molecule has 0 aliphatic heterocycles. The monoisotopic (exact) mass is 424 g/mol. The van der Waals surface area contributed by atoms with Crippen LogP contribution in [0.25, 0.3) is 0 Å². The van der Waals surface area contributed by atoms with Crippen molar-refractivity contribution in [2.75, 3.05) is 13.2 Å². The number of ether oxygens (including phenoxy) is 5. The van der Waals surface area contributed by atoms with Gasteiger partial charge in [0.25, 0.3) is 0 Å². The SMILES string of the molecule is CC(OCc1ccccc1)C(=O)OCC(=O)OCC(=O)OC(C)C(=O)OC(C)(C)C. The molecule has 166 valence electrons. The van der Waals surface area contributed by atoms with Gasteiger partial charge in [-0.15, -0.1) is 0 Å². The first-order valence-corrected chi connectivity index (χ1v) is 9.38. The summed E-state index contributed by atoms with van der Waals surface area (Å²) < 4.78 is 24.7. The van der Waals surface area contributed by atoms with Crippen molar-refractivity contribution in [3.8, 4) is 0 Å². The molecule has 0 aliphatic carbocycles. The molecule has 0 radical (unpaired) electrons. The molecule has 30 heavy (non-hydrogen) atoms. The van der Waals surface area contributed by atoms with Crippen LogP contribution in [0.5, 0.6) is 0 Å². The van der Waals surface area contributed by atoms with Crippen molar-refractivity contribution in [3.05, 3.63) is 35.9 Å².